The van der Waals surface area contributed by atoms with Crippen molar-refractivity contribution in [3.63, 3.8) is 0 Å². The fourth-order valence-corrected chi connectivity index (χ4v) is 5.13. The van der Waals surface area contributed by atoms with E-state index in [2.05, 4.69) is 27.7 Å². The van der Waals surface area contributed by atoms with Crippen molar-refractivity contribution in [2.45, 2.75) is 59.8 Å². The van der Waals surface area contributed by atoms with Crippen LogP contribution in [-0.4, -0.2) is 0 Å². The van der Waals surface area contributed by atoms with Gasteiger partial charge in [0.2, 0.25) is 0 Å². The van der Waals surface area contributed by atoms with Gasteiger partial charge in [-0.2, -0.15) is 0 Å². The van der Waals surface area contributed by atoms with Gasteiger partial charge in [-0.05, 0) is 66.6 Å². The van der Waals surface area contributed by atoms with Gasteiger partial charge in [0, 0.05) is 0 Å². The Hall–Kier alpha value is 0. The second kappa shape index (κ2) is 2.81. The molecule has 2 atom stereocenters. The third-order valence-electron chi connectivity index (χ3n) is 6.48. The van der Waals surface area contributed by atoms with Gasteiger partial charge in [-0.25, -0.2) is 0 Å². The minimum Gasteiger partial charge on any atom is -0.0625 e. The van der Waals surface area contributed by atoms with Gasteiger partial charge in [-0.1, -0.05) is 27.7 Å². The summed E-state index contributed by atoms with van der Waals surface area (Å²) in [6.07, 6.45) is 7.79. The number of hydrogen-bond acceptors (Lipinski definition) is 0. The molecule has 0 aromatic rings. The van der Waals surface area contributed by atoms with Crippen LogP contribution in [0.3, 0.4) is 0 Å². The first kappa shape index (κ1) is 10.2. The molecule has 4 rings (SSSR count). The molecule has 0 N–H and O–H groups in total. The highest BCUT2D eigenvalue weighted by molar-refractivity contribution is 5.13. The van der Waals surface area contributed by atoms with E-state index in [9.17, 15) is 0 Å². The molecular formula is C15H26. The second-order valence-electron chi connectivity index (χ2n) is 7.62. The molecule has 0 amide bonds. The van der Waals surface area contributed by atoms with Crippen molar-refractivity contribution in [2.24, 2.45) is 34.5 Å². The van der Waals surface area contributed by atoms with Crippen LogP contribution in [0.25, 0.3) is 0 Å². The second-order valence-corrected chi connectivity index (χ2v) is 7.62. The zero-order valence-corrected chi connectivity index (χ0v) is 10.8. The Kier molecular flexibility index (Phi) is 1.91. The minimum atomic E-state index is 0.695. The maximum atomic E-state index is 2.54. The SMILES string of the molecule is CC(C)C1CC2(CCC3CC2C3(C)C)C1. The lowest BCUT2D eigenvalue weighted by molar-refractivity contribution is -0.208. The molecule has 0 aromatic heterocycles. The monoisotopic (exact) mass is 206 g/mol. The van der Waals surface area contributed by atoms with Crippen LogP contribution in [0, 0.1) is 34.5 Å². The summed E-state index contributed by atoms with van der Waals surface area (Å²) < 4.78 is 0. The van der Waals surface area contributed by atoms with Crippen molar-refractivity contribution in [2.75, 3.05) is 0 Å². The van der Waals surface area contributed by atoms with E-state index in [1.54, 1.807) is 25.7 Å². The first-order valence-electron chi connectivity index (χ1n) is 6.96. The lowest BCUT2D eigenvalue weighted by Gasteiger charge is -2.70. The van der Waals surface area contributed by atoms with E-state index < -0.39 is 0 Å². The predicted molar refractivity (Wildman–Crippen MR) is 64.6 cm³/mol. The molecule has 4 aliphatic rings. The van der Waals surface area contributed by atoms with Crippen molar-refractivity contribution in [3.8, 4) is 0 Å². The number of rotatable bonds is 1. The van der Waals surface area contributed by atoms with Crippen LogP contribution in [0.15, 0.2) is 0 Å². The van der Waals surface area contributed by atoms with Gasteiger partial charge in [0.05, 0.1) is 0 Å². The van der Waals surface area contributed by atoms with Gasteiger partial charge < -0.3 is 0 Å². The normalized spacial score (nSPS) is 51.4. The highest BCUT2D eigenvalue weighted by atomic mass is 14.7. The van der Waals surface area contributed by atoms with Crippen molar-refractivity contribution >= 4 is 0 Å². The van der Waals surface area contributed by atoms with Crippen molar-refractivity contribution < 1.29 is 0 Å². The largest absolute Gasteiger partial charge is 0.0625 e. The Balaban J connectivity index is 1.74. The van der Waals surface area contributed by atoms with E-state index in [4.69, 9.17) is 0 Å². The van der Waals surface area contributed by atoms with E-state index in [0.29, 0.717) is 5.41 Å². The maximum Gasteiger partial charge on any atom is -0.0258 e. The molecule has 4 aliphatic carbocycles. The topological polar surface area (TPSA) is 0 Å². The molecule has 0 radical (unpaired) electrons. The molecule has 4 saturated carbocycles. The van der Waals surface area contributed by atoms with E-state index >= 15 is 0 Å². The van der Waals surface area contributed by atoms with Crippen LogP contribution in [0.1, 0.15) is 59.8 Å². The quantitative estimate of drug-likeness (QED) is 0.593. The molecule has 0 nitrogen and oxygen atoms in total. The predicted octanol–water partition coefficient (Wildman–Crippen LogP) is 4.49. The van der Waals surface area contributed by atoms with Crippen LogP contribution < -0.4 is 0 Å². The number of hydrogen-bond donors (Lipinski definition) is 0. The Morgan fingerprint density at radius 3 is 2.27 bits per heavy atom. The molecule has 1 spiro atoms. The van der Waals surface area contributed by atoms with E-state index in [1.165, 1.54) is 6.42 Å². The molecule has 0 aromatic carbocycles. The Morgan fingerprint density at radius 1 is 1.13 bits per heavy atom. The smallest absolute Gasteiger partial charge is 0.0258 e. The van der Waals surface area contributed by atoms with Gasteiger partial charge in [-0.15, -0.1) is 0 Å². The molecule has 15 heavy (non-hydrogen) atoms. The van der Waals surface area contributed by atoms with Crippen LogP contribution in [-0.2, 0) is 0 Å². The third kappa shape index (κ3) is 1.14. The summed E-state index contributed by atoms with van der Waals surface area (Å²) in [5, 5.41) is 0. The fraction of sp³-hybridized carbons (Fsp3) is 1.00. The summed E-state index contributed by atoms with van der Waals surface area (Å²) in [6.45, 7) is 9.90. The standard InChI is InChI=1S/C15H26/c1-10(2)11-8-15(9-11)6-5-12-7-13(15)14(12,3)4/h10-13H,5-9H2,1-4H3. The summed E-state index contributed by atoms with van der Waals surface area (Å²) in [5.74, 6) is 4.14. The highest BCUT2D eigenvalue weighted by Crippen LogP contribution is 2.73. The molecular weight excluding hydrogens is 180 g/mol. The molecule has 4 fully saturated rings. The van der Waals surface area contributed by atoms with Crippen molar-refractivity contribution in [1.82, 2.24) is 0 Å². The van der Waals surface area contributed by atoms with Gasteiger partial charge in [-0.3, -0.25) is 0 Å². The lowest BCUT2D eigenvalue weighted by atomic mass is 9.35. The Labute approximate surface area is 94.8 Å². The maximum absolute atomic E-state index is 2.54. The van der Waals surface area contributed by atoms with Gasteiger partial charge in [0.15, 0.2) is 0 Å². The van der Waals surface area contributed by atoms with E-state index in [1.807, 2.05) is 0 Å². The first-order chi connectivity index (χ1) is 6.96. The molecule has 86 valence electrons. The van der Waals surface area contributed by atoms with Crippen molar-refractivity contribution in [1.29, 1.82) is 0 Å². The summed E-state index contributed by atoms with van der Waals surface area (Å²) >= 11 is 0. The van der Waals surface area contributed by atoms with Crippen LogP contribution in [0.5, 0.6) is 0 Å². The van der Waals surface area contributed by atoms with Crippen LogP contribution in [0.2, 0.25) is 0 Å². The summed E-state index contributed by atoms with van der Waals surface area (Å²) in [5.41, 5.74) is 1.51. The highest BCUT2D eigenvalue weighted by Gasteiger charge is 2.64. The lowest BCUT2D eigenvalue weighted by Crippen LogP contribution is -2.62. The van der Waals surface area contributed by atoms with Crippen LogP contribution >= 0.6 is 0 Å². The fourth-order valence-electron chi connectivity index (χ4n) is 5.13. The Morgan fingerprint density at radius 2 is 1.80 bits per heavy atom. The zero-order chi connectivity index (χ0) is 10.8. The van der Waals surface area contributed by atoms with E-state index in [0.717, 1.165) is 29.1 Å². The molecule has 2 bridgehead atoms. The minimum absolute atomic E-state index is 0.695. The average Bonchev–Trinajstić information content (AvgIpc) is 2.13. The van der Waals surface area contributed by atoms with Gasteiger partial charge in [0.1, 0.15) is 0 Å². The Bertz CT molecular complexity index is 266. The van der Waals surface area contributed by atoms with E-state index in [-0.39, 0.29) is 0 Å². The zero-order valence-electron chi connectivity index (χ0n) is 10.8. The summed E-state index contributed by atoms with van der Waals surface area (Å²) in [6, 6.07) is 0. The molecule has 0 heteroatoms. The summed E-state index contributed by atoms with van der Waals surface area (Å²) in [4.78, 5) is 0. The van der Waals surface area contributed by atoms with Gasteiger partial charge in [0.25, 0.3) is 0 Å². The van der Waals surface area contributed by atoms with Crippen molar-refractivity contribution in [3.05, 3.63) is 0 Å². The average molecular weight is 206 g/mol. The molecule has 0 heterocycles. The summed E-state index contributed by atoms with van der Waals surface area (Å²) in [7, 11) is 0. The van der Waals surface area contributed by atoms with Crippen LogP contribution in [0.4, 0.5) is 0 Å². The third-order valence-corrected chi connectivity index (χ3v) is 6.48. The molecule has 2 unspecified atom stereocenters. The first-order valence-corrected chi connectivity index (χ1v) is 6.96. The van der Waals surface area contributed by atoms with Gasteiger partial charge >= 0.3 is 0 Å². The molecule has 0 aliphatic heterocycles. The number of fused-ring (bicyclic) bond motifs is 1. The molecule has 0 saturated heterocycles.